The number of hydrogen-bond donors (Lipinski definition) is 0. The van der Waals surface area contributed by atoms with Crippen molar-refractivity contribution in [1.82, 2.24) is 0 Å². The minimum Gasteiger partial charge on any atom is -0.457 e. The van der Waals surface area contributed by atoms with Crippen LogP contribution in [0.15, 0.2) is 309 Å². The van der Waals surface area contributed by atoms with Gasteiger partial charge in [-0.2, -0.15) is 0 Å². The third-order valence-electron chi connectivity index (χ3n) is 18.1. The van der Waals surface area contributed by atoms with Crippen LogP contribution in [0.5, 0.6) is 23.0 Å². The number of ether oxygens (including phenoxy) is 2. The van der Waals surface area contributed by atoms with Gasteiger partial charge in [0.25, 0.3) is 0 Å². The van der Waals surface area contributed by atoms with E-state index in [1.54, 1.807) is 0 Å². The standard InChI is InChI=1S/C80H51NO2/c1-2-24-52(25-3-1)53-48-50-54(51-49-53)55-26-6-15-41-70(55)81(71-42-16-7-27-56(71)58-31-22-39-68-77(58)60-29-4-9-33-62(60)79(68)64-35-11-18-44-73(64)82-74-45-19-12-36-65(74)79)72-43-17-8-28-57(72)59-32-23-40-69-78(59)61-30-5-10-34-63(61)80(69)66-37-13-20-46-75(66)83-76-47-21-14-38-67(76)80/h1-51H. The molecule has 13 aromatic carbocycles. The van der Waals surface area contributed by atoms with Gasteiger partial charge in [-0.15, -0.1) is 0 Å². The van der Waals surface area contributed by atoms with Crippen LogP contribution >= 0.6 is 0 Å². The highest BCUT2D eigenvalue weighted by molar-refractivity contribution is 6.05. The number of benzene rings is 13. The number of fused-ring (bicyclic) bond motifs is 18. The lowest BCUT2D eigenvalue weighted by Crippen LogP contribution is -2.32. The molecule has 0 fully saturated rings. The van der Waals surface area contributed by atoms with Crippen molar-refractivity contribution >= 4 is 17.1 Å². The van der Waals surface area contributed by atoms with E-state index in [-0.39, 0.29) is 0 Å². The van der Waals surface area contributed by atoms with Crippen LogP contribution in [0.25, 0.3) is 66.8 Å². The maximum absolute atomic E-state index is 6.78. The van der Waals surface area contributed by atoms with Crippen molar-refractivity contribution in [3.8, 4) is 89.8 Å². The minimum atomic E-state index is -0.625. The lowest BCUT2D eigenvalue weighted by atomic mass is 9.66. The van der Waals surface area contributed by atoms with Crippen LogP contribution in [0, 0.1) is 0 Å². The third kappa shape index (κ3) is 6.68. The molecule has 2 aliphatic carbocycles. The third-order valence-corrected chi connectivity index (χ3v) is 18.1. The number of para-hydroxylation sites is 7. The van der Waals surface area contributed by atoms with E-state index in [0.717, 1.165) is 95.7 Å². The highest BCUT2D eigenvalue weighted by Crippen LogP contribution is 2.66. The molecule has 83 heavy (non-hydrogen) atoms. The molecule has 0 atom stereocenters. The lowest BCUT2D eigenvalue weighted by Gasteiger charge is -2.39. The molecule has 2 aliphatic heterocycles. The minimum absolute atomic E-state index is 0.625. The molecule has 0 N–H and O–H groups in total. The van der Waals surface area contributed by atoms with Gasteiger partial charge >= 0.3 is 0 Å². The van der Waals surface area contributed by atoms with Gasteiger partial charge in [-0.1, -0.05) is 267 Å². The predicted molar refractivity (Wildman–Crippen MR) is 338 cm³/mol. The first kappa shape index (κ1) is 47.1. The van der Waals surface area contributed by atoms with Crippen LogP contribution in [-0.2, 0) is 10.8 Å². The van der Waals surface area contributed by atoms with E-state index in [4.69, 9.17) is 9.47 Å². The van der Waals surface area contributed by atoms with E-state index in [0.29, 0.717) is 0 Å². The Balaban J connectivity index is 0.931. The van der Waals surface area contributed by atoms with Crippen molar-refractivity contribution < 1.29 is 9.47 Å². The first-order chi connectivity index (χ1) is 41.2. The lowest BCUT2D eigenvalue weighted by molar-refractivity contribution is 0.436. The molecular weight excluding hydrogens is 1010 g/mol. The van der Waals surface area contributed by atoms with Gasteiger partial charge in [-0.25, -0.2) is 0 Å². The fourth-order valence-electron chi connectivity index (χ4n) is 14.8. The second-order valence-electron chi connectivity index (χ2n) is 22.1. The summed E-state index contributed by atoms with van der Waals surface area (Å²) in [6.45, 7) is 0. The molecule has 3 heteroatoms. The molecule has 0 unspecified atom stereocenters. The van der Waals surface area contributed by atoms with Crippen LogP contribution in [-0.4, -0.2) is 0 Å². The monoisotopic (exact) mass is 1060 g/mol. The zero-order valence-electron chi connectivity index (χ0n) is 45.2. The number of nitrogens with zero attached hydrogens (tertiary/aromatic N) is 1. The number of anilines is 3. The van der Waals surface area contributed by atoms with Crippen LogP contribution in [0.3, 0.4) is 0 Å². The smallest absolute Gasteiger partial charge is 0.132 e. The van der Waals surface area contributed by atoms with Crippen LogP contribution < -0.4 is 14.4 Å². The fraction of sp³-hybridized carbons (Fsp3) is 0.0250. The molecule has 0 amide bonds. The van der Waals surface area contributed by atoms with Gasteiger partial charge in [0.1, 0.15) is 23.0 Å². The van der Waals surface area contributed by atoms with Crippen LogP contribution in [0.2, 0.25) is 0 Å². The summed E-state index contributed by atoms with van der Waals surface area (Å²) >= 11 is 0. The van der Waals surface area contributed by atoms with E-state index < -0.39 is 10.8 Å². The summed E-state index contributed by atoms with van der Waals surface area (Å²) in [7, 11) is 0. The molecule has 17 rings (SSSR count). The highest BCUT2D eigenvalue weighted by Gasteiger charge is 2.53. The Bertz CT molecular complexity index is 4430. The van der Waals surface area contributed by atoms with Crippen LogP contribution in [0.4, 0.5) is 17.1 Å². The summed E-state index contributed by atoms with van der Waals surface area (Å²) in [4.78, 5) is 2.55. The molecule has 4 aliphatic rings. The van der Waals surface area contributed by atoms with Crippen molar-refractivity contribution in [2.24, 2.45) is 0 Å². The summed E-state index contributed by atoms with van der Waals surface area (Å²) < 4.78 is 13.6. The summed E-state index contributed by atoms with van der Waals surface area (Å²) in [5, 5.41) is 0. The Labute approximate surface area is 483 Å². The number of hydrogen-bond acceptors (Lipinski definition) is 3. The van der Waals surface area contributed by atoms with Gasteiger partial charge in [0.2, 0.25) is 0 Å². The van der Waals surface area contributed by atoms with Crippen molar-refractivity contribution in [1.29, 1.82) is 0 Å². The number of rotatable bonds is 7. The van der Waals surface area contributed by atoms with Gasteiger partial charge in [0, 0.05) is 38.9 Å². The average molecular weight is 1060 g/mol. The Hall–Kier alpha value is -10.7. The molecule has 2 heterocycles. The van der Waals surface area contributed by atoms with Gasteiger partial charge in [0.05, 0.1) is 27.9 Å². The molecule has 0 saturated carbocycles. The summed E-state index contributed by atoms with van der Waals surface area (Å²) in [6.07, 6.45) is 0. The largest absolute Gasteiger partial charge is 0.457 e. The summed E-state index contributed by atoms with van der Waals surface area (Å²) in [5.41, 5.74) is 25.5. The maximum atomic E-state index is 6.78. The fourth-order valence-corrected chi connectivity index (χ4v) is 14.8. The van der Waals surface area contributed by atoms with E-state index in [1.165, 1.54) is 55.6 Å². The molecule has 0 radical (unpaired) electrons. The van der Waals surface area contributed by atoms with Crippen LogP contribution in [0.1, 0.15) is 44.5 Å². The Morgan fingerprint density at radius 3 is 0.916 bits per heavy atom. The second-order valence-corrected chi connectivity index (χ2v) is 22.1. The van der Waals surface area contributed by atoms with Gasteiger partial charge < -0.3 is 14.4 Å². The molecule has 388 valence electrons. The van der Waals surface area contributed by atoms with E-state index in [2.05, 4.69) is 314 Å². The van der Waals surface area contributed by atoms with Crippen molar-refractivity contribution in [3.05, 3.63) is 354 Å². The van der Waals surface area contributed by atoms with Gasteiger partial charge in [-0.3, -0.25) is 0 Å². The Morgan fingerprint density at radius 2 is 0.482 bits per heavy atom. The Kier molecular flexibility index (Phi) is 10.4. The van der Waals surface area contributed by atoms with E-state index in [9.17, 15) is 0 Å². The maximum Gasteiger partial charge on any atom is 0.132 e. The summed E-state index contributed by atoms with van der Waals surface area (Å²) in [5.74, 6) is 3.51. The molecule has 2 spiro atoms. The molecule has 0 bridgehead atoms. The topological polar surface area (TPSA) is 21.7 Å². The highest BCUT2D eigenvalue weighted by atomic mass is 16.5. The molecule has 13 aromatic rings. The van der Waals surface area contributed by atoms with Gasteiger partial charge in [-0.05, 0) is 115 Å². The summed E-state index contributed by atoms with van der Waals surface area (Å²) in [6, 6.07) is 113. The molecular formula is C80H51NO2. The molecule has 0 saturated heterocycles. The predicted octanol–water partition coefficient (Wildman–Crippen LogP) is 20.8. The van der Waals surface area contributed by atoms with E-state index >= 15 is 0 Å². The van der Waals surface area contributed by atoms with E-state index in [1.807, 2.05) is 0 Å². The average Bonchev–Trinajstić information content (AvgIpc) is 1.73. The van der Waals surface area contributed by atoms with Crippen molar-refractivity contribution in [2.75, 3.05) is 4.90 Å². The molecule has 3 nitrogen and oxygen atoms in total. The second kappa shape index (κ2) is 18.4. The Morgan fingerprint density at radius 1 is 0.193 bits per heavy atom. The quantitative estimate of drug-likeness (QED) is 0.159. The first-order valence-electron chi connectivity index (χ1n) is 28.7. The zero-order chi connectivity index (χ0) is 54.6. The molecule has 0 aromatic heterocycles. The first-order valence-corrected chi connectivity index (χ1v) is 28.7. The zero-order valence-corrected chi connectivity index (χ0v) is 45.2. The normalized spacial score (nSPS) is 13.7. The van der Waals surface area contributed by atoms with Crippen molar-refractivity contribution in [3.63, 3.8) is 0 Å². The SMILES string of the molecule is c1ccc(-c2ccc(-c3ccccc3N(c3ccccc3-c3cccc4c3-c3ccccc3C43c4ccccc4Oc4ccccc43)c3ccccc3-c3cccc4c3-c3ccccc3C43c4ccccc4Oc4ccccc43)cc2)cc1. The van der Waals surface area contributed by atoms with Gasteiger partial charge in [0.15, 0.2) is 0 Å². The van der Waals surface area contributed by atoms with Crippen molar-refractivity contribution in [2.45, 2.75) is 10.8 Å².